The minimum Gasteiger partial charge on any atom is -0.478 e. The lowest BCUT2D eigenvalue weighted by molar-refractivity contribution is 0.0697. The van der Waals surface area contributed by atoms with E-state index in [9.17, 15) is 4.79 Å². The number of carboxylic acid groups (broad SMARTS) is 1. The van der Waals surface area contributed by atoms with E-state index in [2.05, 4.69) is 4.98 Å². The lowest BCUT2D eigenvalue weighted by Crippen LogP contribution is -2.04. The maximum atomic E-state index is 10.8. The first kappa shape index (κ1) is 11.6. The Hall–Kier alpha value is -1.88. The van der Waals surface area contributed by atoms with Crippen molar-refractivity contribution < 1.29 is 14.6 Å². The first-order chi connectivity index (χ1) is 8.22. The molecule has 0 radical (unpaired) electrons. The summed E-state index contributed by atoms with van der Waals surface area (Å²) in [6, 6.07) is 4.94. The Morgan fingerprint density at radius 2 is 2.35 bits per heavy atom. The number of imidazole rings is 1. The predicted octanol–water partition coefficient (Wildman–Crippen LogP) is 1.77. The molecule has 0 saturated heterocycles. The van der Waals surface area contributed by atoms with Crippen molar-refractivity contribution in [2.75, 3.05) is 13.2 Å². The maximum absolute atomic E-state index is 10.8. The van der Waals surface area contributed by atoms with E-state index in [-0.39, 0.29) is 5.56 Å². The van der Waals surface area contributed by atoms with Crippen LogP contribution in [0.5, 0.6) is 0 Å². The number of aromatic carboxylic acids is 1. The Kier molecular flexibility index (Phi) is 3.39. The molecule has 17 heavy (non-hydrogen) atoms. The van der Waals surface area contributed by atoms with Crippen LogP contribution in [-0.4, -0.2) is 33.8 Å². The standard InChI is InChI=1S/C12H14N2O3/c1-2-17-6-5-14-8-13-10-7-9(12(15)16)3-4-11(10)14/h3-4,7-8H,2,5-6H2,1H3,(H,15,16). The van der Waals surface area contributed by atoms with E-state index >= 15 is 0 Å². The summed E-state index contributed by atoms with van der Waals surface area (Å²) < 4.78 is 7.23. The zero-order valence-electron chi connectivity index (χ0n) is 9.59. The highest BCUT2D eigenvalue weighted by Gasteiger charge is 2.07. The van der Waals surface area contributed by atoms with Gasteiger partial charge in [0, 0.05) is 13.2 Å². The molecule has 1 aromatic carbocycles. The second-order valence-electron chi connectivity index (χ2n) is 3.64. The van der Waals surface area contributed by atoms with Crippen molar-refractivity contribution in [2.24, 2.45) is 0 Å². The summed E-state index contributed by atoms with van der Waals surface area (Å²) in [7, 11) is 0. The monoisotopic (exact) mass is 234 g/mol. The molecule has 1 N–H and O–H groups in total. The van der Waals surface area contributed by atoms with Gasteiger partial charge in [-0.15, -0.1) is 0 Å². The highest BCUT2D eigenvalue weighted by atomic mass is 16.5. The summed E-state index contributed by atoms with van der Waals surface area (Å²) in [5, 5.41) is 8.87. The summed E-state index contributed by atoms with van der Waals surface area (Å²) in [4.78, 5) is 15.0. The number of aromatic nitrogens is 2. The Balaban J connectivity index is 2.25. The van der Waals surface area contributed by atoms with Gasteiger partial charge in [0.25, 0.3) is 0 Å². The minimum absolute atomic E-state index is 0.257. The van der Waals surface area contributed by atoms with Crippen LogP contribution >= 0.6 is 0 Å². The van der Waals surface area contributed by atoms with Crippen molar-refractivity contribution in [1.29, 1.82) is 0 Å². The van der Waals surface area contributed by atoms with Gasteiger partial charge < -0.3 is 14.4 Å². The quantitative estimate of drug-likeness (QED) is 0.801. The molecular formula is C12H14N2O3. The average Bonchev–Trinajstić information content (AvgIpc) is 2.72. The van der Waals surface area contributed by atoms with E-state index in [4.69, 9.17) is 9.84 Å². The van der Waals surface area contributed by atoms with Gasteiger partial charge in [-0.05, 0) is 25.1 Å². The topological polar surface area (TPSA) is 64.4 Å². The van der Waals surface area contributed by atoms with Gasteiger partial charge in [0.15, 0.2) is 0 Å². The molecule has 2 aromatic rings. The van der Waals surface area contributed by atoms with E-state index in [1.165, 1.54) is 0 Å². The molecule has 0 aliphatic heterocycles. The molecule has 5 nitrogen and oxygen atoms in total. The first-order valence-electron chi connectivity index (χ1n) is 5.48. The number of ether oxygens (including phenoxy) is 1. The molecule has 2 rings (SSSR count). The molecule has 0 fully saturated rings. The lowest BCUT2D eigenvalue weighted by Gasteiger charge is -2.04. The third-order valence-electron chi connectivity index (χ3n) is 2.55. The third-order valence-corrected chi connectivity index (χ3v) is 2.55. The average molecular weight is 234 g/mol. The number of carbonyl (C=O) groups is 1. The molecule has 0 bridgehead atoms. The van der Waals surface area contributed by atoms with Crippen LogP contribution in [0.4, 0.5) is 0 Å². The van der Waals surface area contributed by atoms with Gasteiger partial charge in [-0.2, -0.15) is 0 Å². The largest absolute Gasteiger partial charge is 0.478 e. The van der Waals surface area contributed by atoms with Crippen LogP contribution in [0.2, 0.25) is 0 Å². The van der Waals surface area contributed by atoms with Gasteiger partial charge in [-0.3, -0.25) is 0 Å². The molecular weight excluding hydrogens is 220 g/mol. The van der Waals surface area contributed by atoms with Crippen molar-refractivity contribution in [2.45, 2.75) is 13.5 Å². The zero-order valence-corrected chi connectivity index (χ0v) is 9.59. The van der Waals surface area contributed by atoms with E-state index < -0.39 is 5.97 Å². The van der Waals surface area contributed by atoms with Gasteiger partial charge in [-0.25, -0.2) is 9.78 Å². The smallest absolute Gasteiger partial charge is 0.335 e. The number of hydrogen-bond acceptors (Lipinski definition) is 3. The molecule has 0 saturated carbocycles. The van der Waals surface area contributed by atoms with Crippen LogP contribution in [0.3, 0.4) is 0 Å². The van der Waals surface area contributed by atoms with Crippen LogP contribution in [0, 0.1) is 0 Å². The molecule has 5 heteroatoms. The molecule has 1 heterocycles. The predicted molar refractivity (Wildman–Crippen MR) is 63.2 cm³/mol. The number of nitrogens with zero attached hydrogens (tertiary/aromatic N) is 2. The molecule has 90 valence electrons. The second kappa shape index (κ2) is 4.97. The summed E-state index contributed by atoms with van der Waals surface area (Å²) in [5.41, 5.74) is 1.88. The fraction of sp³-hybridized carbons (Fsp3) is 0.333. The number of benzene rings is 1. The Bertz CT molecular complexity index is 534. The Labute approximate surface area is 98.6 Å². The van der Waals surface area contributed by atoms with Crippen LogP contribution in [0.25, 0.3) is 11.0 Å². The first-order valence-corrected chi connectivity index (χ1v) is 5.48. The van der Waals surface area contributed by atoms with Crippen LogP contribution < -0.4 is 0 Å². The van der Waals surface area contributed by atoms with Gasteiger partial charge >= 0.3 is 5.97 Å². The maximum Gasteiger partial charge on any atom is 0.335 e. The number of rotatable bonds is 5. The van der Waals surface area contributed by atoms with Crippen LogP contribution in [0.15, 0.2) is 24.5 Å². The van der Waals surface area contributed by atoms with Crippen molar-refractivity contribution >= 4 is 17.0 Å². The fourth-order valence-electron chi connectivity index (χ4n) is 1.68. The third kappa shape index (κ3) is 2.45. The van der Waals surface area contributed by atoms with Crippen molar-refractivity contribution in [3.8, 4) is 0 Å². The zero-order chi connectivity index (χ0) is 12.3. The Morgan fingerprint density at radius 1 is 1.53 bits per heavy atom. The van der Waals surface area contributed by atoms with Gasteiger partial charge in [0.1, 0.15) is 0 Å². The SMILES string of the molecule is CCOCCn1cnc2cc(C(=O)O)ccc21. The molecule has 0 spiro atoms. The fourth-order valence-corrected chi connectivity index (χ4v) is 1.68. The normalized spacial score (nSPS) is 10.9. The Morgan fingerprint density at radius 3 is 3.06 bits per heavy atom. The van der Waals surface area contributed by atoms with E-state index in [1.807, 2.05) is 11.5 Å². The van der Waals surface area contributed by atoms with Crippen LogP contribution in [-0.2, 0) is 11.3 Å². The second-order valence-corrected chi connectivity index (χ2v) is 3.64. The summed E-state index contributed by atoms with van der Waals surface area (Å²) >= 11 is 0. The van der Waals surface area contributed by atoms with Crippen molar-refractivity contribution in [1.82, 2.24) is 9.55 Å². The van der Waals surface area contributed by atoms with Gasteiger partial charge in [0.2, 0.25) is 0 Å². The summed E-state index contributed by atoms with van der Waals surface area (Å²) in [5.74, 6) is -0.934. The molecule has 0 atom stereocenters. The lowest BCUT2D eigenvalue weighted by atomic mass is 10.2. The summed E-state index contributed by atoms with van der Waals surface area (Å²) in [6.45, 7) is 3.99. The molecule has 0 unspecified atom stereocenters. The number of hydrogen-bond donors (Lipinski definition) is 1. The van der Waals surface area contributed by atoms with Gasteiger partial charge in [0.05, 0.1) is 29.5 Å². The van der Waals surface area contributed by atoms with Crippen molar-refractivity contribution in [3.63, 3.8) is 0 Å². The minimum atomic E-state index is -0.934. The number of carboxylic acids is 1. The van der Waals surface area contributed by atoms with E-state index in [0.29, 0.717) is 18.7 Å². The molecule has 0 aliphatic rings. The highest BCUT2D eigenvalue weighted by molar-refractivity contribution is 5.92. The summed E-state index contributed by atoms with van der Waals surface area (Å²) in [6.07, 6.45) is 1.70. The number of fused-ring (bicyclic) bond motifs is 1. The molecule has 0 amide bonds. The van der Waals surface area contributed by atoms with E-state index in [0.717, 1.165) is 12.1 Å². The molecule has 1 aromatic heterocycles. The van der Waals surface area contributed by atoms with Crippen LogP contribution in [0.1, 0.15) is 17.3 Å². The van der Waals surface area contributed by atoms with Gasteiger partial charge in [-0.1, -0.05) is 0 Å². The molecule has 0 aliphatic carbocycles. The van der Waals surface area contributed by atoms with E-state index in [1.54, 1.807) is 24.5 Å². The van der Waals surface area contributed by atoms with Crippen molar-refractivity contribution in [3.05, 3.63) is 30.1 Å². The highest BCUT2D eigenvalue weighted by Crippen LogP contribution is 2.14.